The van der Waals surface area contributed by atoms with Crippen molar-refractivity contribution in [3.05, 3.63) is 51.0 Å². The Morgan fingerprint density at radius 1 is 1.38 bits per heavy atom. The van der Waals surface area contributed by atoms with Gasteiger partial charge >= 0.3 is 0 Å². The molecule has 0 radical (unpaired) electrons. The highest BCUT2D eigenvalue weighted by Crippen LogP contribution is 2.12. The number of nitrogens with one attached hydrogen (secondary N) is 1. The number of amides is 1. The van der Waals surface area contributed by atoms with Crippen molar-refractivity contribution in [2.75, 3.05) is 6.54 Å². The molecular formula is C16H17N3OS. The zero-order valence-corrected chi connectivity index (χ0v) is 12.9. The molecule has 1 amide bonds. The number of nitrogens with two attached hydrogens (primary N) is 1. The molecule has 1 heterocycles. The molecule has 108 valence electrons. The van der Waals surface area contributed by atoms with E-state index in [4.69, 9.17) is 5.73 Å². The fraction of sp³-hybridized carbons (Fsp3) is 0.250. The van der Waals surface area contributed by atoms with Crippen molar-refractivity contribution in [1.29, 1.82) is 0 Å². The highest BCUT2D eigenvalue weighted by Gasteiger charge is 2.08. The fourth-order valence-corrected chi connectivity index (χ4v) is 2.61. The van der Waals surface area contributed by atoms with Gasteiger partial charge in [0.2, 0.25) is 0 Å². The van der Waals surface area contributed by atoms with Crippen molar-refractivity contribution in [3.8, 4) is 11.8 Å². The van der Waals surface area contributed by atoms with Crippen molar-refractivity contribution in [1.82, 2.24) is 10.3 Å². The second kappa shape index (κ2) is 7.02. The number of benzene rings is 1. The van der Waals surface area contributed by atoms with E-state index >= 15 is 0 Å². The van der Waals surface area contributed by atoms with Crippen molar-refractivity contribution in [2.24, 2.45) is 5.73 Å². The molecule has 0 saturated heterocycles. The maximum atomic E-state index is 12.2. The Hall–Kier alpha value is -2.16. The monoisotopic (exact) mass is 299 g/mol. The van der Waals surface area contributed by atoms with Crippen LogP contribution < -0.4 is 11.1 Å². The maximum absolute atomic E-state index is 12.2. The first-order chi connectivity index (χ1) is 10.1. The Morgan fingerprint density at radius 3 is 2.86 bits per heavy atom. The molecule has 1 aromatic heterocycles. The zero-order chi connectivity index (χ0) is 15.2. The fourth-order valence-electron chi connectivity index (χ4n) is 1.88. The van der Waals surface area contributed by atoms with E-state index in [9.17, 15) is 4.79 Å². The van der Waals surface area contributed by atoms with Crippen LogP contribution in [-0.2, 0) is 6.54 Å². The summed E-state index contributed by atoms with van der Waals surface area (Å²) in [4.78, 5) is 17.6. The summed E-state index contributed by atoms with van der Waals surface area (Å²) >= 11 is 1.58. The minimum absolute atomic E-state index is 0.123. The summed E-state index contributed by atoms with van der Waals surface area (Å²) in [5.74, 6) is 5.63. The number of aryl methyl sites for hydroxylation is 2. The molecule has 0 bridgehead atoms. The number of carbonyl (C=O) groups excluding carboxylic acids is 1. The average molecular weight is 299 g/mol. The Bertz CT molecular complexity index is 710. The molecule has 2 aromatic rings. The maximum Gasteiger partial charge on any atom is 0.251 e. The molecule has 0 fully saturated rings. The molecule has 3 N–H and O–H groups in total. The van der Waals surface area contributed by atoms with Crippen LogP contribution in [0.15, 0.2) is 24.4 Å². The topological polar surface area (TPSA) is 68.0 Å². The normalized spacial score (nSPS) is 9.86. The molecule has 1 aromatic carbocycles. The minimum Gasteiger partial charge on any atom is -0.346 e. The van der Waals surface area contributed by atoms with E-state index in [0.717, 1.165) is 21.0 Å². The first kappa shape index (κ1) is 15.2. The lowest BCUT2D eigenvalue weighted by Crippen LogP contribution is -2.22. The van der Waals surface area contributed by atoms with Crippen LogP contribution in [-0.4, -0.2) is 17.4 Å². The molecule has 0 atom stereocenters. The molecule has 21 heavy (non-hydrogen) atoms. The summed E-state index contributed by atoms with van der Waals surface area (Å²) in [6.45, 7) is 4.68. The van der Waals surface area contributed by atoms with Gasteiger partial charge in [0.25, 0.3) is 5.91 Å². The number of hydrogen-bond donors (Lipinski definition) is 2. The lowest BCUT2D eigenvalue weighted by molar-refractivity contribution is 0.0950. The van der Waals surface area contributed by atoms with Crippen LogP contribution in [0.4, 0.5) is 0 Å². The van der Waals surface area contributed by atoms with Gasteiger partial charge in [0.1, 0.15) is 5.01 Å². The van der Waals surface area contributed by atoms with Crippen molar-refractivity contribution in [2.45, 2.75) is 20.4 Å². The molecule has 0 aliphatic carbocycles. The van der Waals surface area contributed by atoms with Gasteiger partial charge in [0.15, 0.2) is 0 Å². The third-order valence-corrected chi connectivity index (χ3v) is 3.66. The molecule has 5 heteroatoms. The van der Waals surface area contributed by atoms with Crippen molar-refractivity contribution in [3.63, 3.8) is 0 Å². The Morgan fingerprint density at radius 2 is 2.19 bits per heavy atom. The number of hydrogen-bond acceptors (Lipinski definition) is 4. The second-order valence-corrected chi connectivity index (χ2v) is 5.96. The van der Waals surface area contributed by atoms with Gasteiger partial charge in [-0.05, 0) is 37.6 Å². The van der Waals surface area contributed by atoms with Gasteiger partial charge in [0.05, 0.1) is 13.1 Å². The van der Waals surface area contributed by atoms with Gasteiger partial charge < -0.3 is 11.1 Å². The molecule has 0 aliphatic heterocycles. The van der Waals surface area contributed by atoms with Crippen LogP contribution in [0.25, 0.3) is 0 Å². The Balaban J connectivity index is 2.09. The van der Waals surface area contributed by atoms with Crippen LogP contribution in [0.5, 0.6) is 0 Å². The van der Waals surface area contributed by atoms with Gasteiger partial charge in [-0.3, -0.25) is 4.79 Å². The second-order valence-electron chi connectivity index (χ2n) is 4.64. The summed E-state index contributed by atoms with van der Waals surface area (Å²) in [5, 5.41) is 3.77. The molecule has 0 aliphatic rings. The van der Waals surface area contributed by atoms with E-state index in [0.29, 0.717) is 18.7 Å². The summed E-state index contributed by atoms with van der Waals surface area (Å²) in [6.07, 6.45) is 1.80. The number of nitrogens with zero attached hydrogens (tertiary/aromatic N) is 1. The minimum atomic E-state index is -0.123. The zero-order valence-electron chi connectivity index (χ0n) is 12.1. The van der Waals surface area contributed by atoms with E-state index in [1.165, 1.54) is 0 Å². The predicted molar refractivity (Wildman–Crippen MR) is 85.1 cm³/mol. The van der Waals surface area contributed by atoms with E-state index in [2.05, 4.69) is 22.1 Å². The SMILES string of the molecule is Cc1cc(C#CCN)cc(C(=O)NCc2ncc(C)s2)c1. The van der Waals surface area contributed by atoms with E-state index in [1.54, 1.807) is 23.6 Å². The predicted octanol–water partition coefficient (Wildman–Crippen LogP) is 2.00. The highest BCUT2D eigenvalue weighted by molar-refractivity contribution is 7.11. The molecule has 2 rings (SSSR count). The van der Waals surface area contributed by atoms with Crippen molar-refractivity contribution < 1.29 is 4.79 Å². The standard InChI is InChI=1S/C16H17N3OS/c1-11-6-13(4-3-5-17)8-14(7-11)16(20)19-10-15-18-9-12(2)21-15/h6-9H,5,10,17H2,1-2H3,(H,19,20). The summed E-state index contributed by atoms with van der Waals surface area (Å²) in [6, 6.07) is 5.55. The Labute approximate surface area is 128 Å². The van der Waals surface area contributed by atoms with Crippen LogP contribution in [0.2, 0.25) is 0 Å². The van der Waals surface area contributed by atoms with Gasteiger partial charge in [-0.2, -0.15) is 0 Å². The van der Waals surface area contributed by atoms with E-state index < -0.39 is 0 Å². The van der Waals surface area contributed by atoms with Crippen LogP contribution >= 0.6 is 11.3 Å². The van der Waals surface area contributed by atoms with Gasteiger partial charge in [-0.15, -0.1) is 11.3 Å². The lowest BCUT2D eigenvalue weighted by atomic mass is 10.1. The largest absolute Gasteiger partial charge is 0.346 e. The molecule has 0 saturated carbocycles. The van der Waals surface area contributed by atoms with Gasteiger partial charge in [-0.1, -0.05) is 11.8 Å². The Kier molecular flexibility index (Phi) is 5.09. The lowest BCUT2D eigenvalue weighted by Gasteiger charge is -2.05. The van der Waals surface area contributed by atoms with Crippen molar-refractivity contribution >= 4 is 17.2 Å². The third kappa shape index (κ3) is 4.42. The van der Waals surface area contributed by atoms with Gasteiger partial charge in [0, 0.05) is 22.2 Å². The average Bonchev–Trinajstić information content (AvgIpc) is 2.87. The van der Waals surface area contributed by atoms with E-state index in [-0.39, 0.29) is 5.91 Å². The summed E-state index contributed by atoms with van der Waals surface area (Å²) in [7, 11) is 0. The number of carbonyl (C=O) groups is 1. The summed E-state index contributed by atoms with van der Waals surface area (Å²) in [5.41, 5.74) is 7.77. The number of rotatable bonds is 3. The van der Waals surface area contributed by atoms with E-state index in [1.807, 2.05) is 26.0 Å². The van der Waals surface area contributed by atoms with Gasteiger partial charge in [-0.25, -0.2) is 4.98 Å². The first-order valence-electron chi connectivity index (χ1n) is 6.58. The third-order valence-electron chi connectivity index (χ3n) is 2.74. The van der Waals surface area contributed by atoms with Crippen LogP contribution in [0.3, 0.4) is 0 Å². The molecule has 0 spiro atoms. The quantitative estimate of drug-likeness (QED) is 0.852. The number of aromatic nitrogens is 1. The smallest absolute Gasteiger partial charge is 0.251 e. The number of thiazole rings is 1. The highest BCUT2D eigenvalue weighted by atomic mass is 32.1. The van der Waals surface area contributed by atoms with Crippen LogP contribution in [0.1, 0.15) is 31.4 Å². The first-order valence-corrected chi connectivity index (χ1v) is 7.40. The molecule has 0 unspecified atom stereocenters. The summed E-state index contributed by atoms with van der Waals surface area (Å²) < 4.78 is 0. The molecule has 4 nitrogen and oxygen atoms in total. The molecular weight excluding hydrogens is 282 g/mol. The van der Waals surface area contributed by atoms with Crippen LogP contribution in [0, 0.1) is 25.7 Å².